The summed E-state index contributed by atoms with van der Waals surface area (Å²) in [5, 5.41) is 12.2. The molecule has 1 rings (SSSR count). The topological polar surface area (TPSA) is 83.4 Å². The van der Waals surface area contributed by atoms with Crippen molar-refractivity contribution in [3.8, 4) is 0 Å². The predicted molar refractivity (Wildman–Crippen MR) is 53.7 cm³/mol. The Morgan fingerprint density at radius 1 is 1.67 bits per heavy atom. The molecule has 0 aromatic carbocycles. The minimum absolute atomic E-state index is 0.173. The quantitative estimate of drug-likeness (QED) is 0.804. The zero-order valence-corrected chi connectivity index (χ0v) is 9.19. The van der Waals surface area contributed by atoms with E-state index in [4.69, 9.17) is 5.11 Å². The first kappa shape index (κ1) is 11.6. The third-order valence-corrected chi connectivity index (χ3v) is 2.54. The van der Waals surface area contributed by atoms with Crippen LogP contribution in [-0.2, 0) is 4.79 Å². The van der Waals surface area contributed by atoms with Crippen LogP contribution in [0.3, 0.4) is 0 Å². The second-order valence-corrected chi connectivity index (χ2v) is 3.99. The number of carboxylic acid groups (broad SMARTS) is 1. The highest BCUT2D eigenvalue weighted by Crippen LogP contribution is 2.07. The highest BCUT2D eigenvalue weighted by Gasteiger charge is 2.19. The third kappa shape index (κ3) is 2.98. The van der Waals surface area contributed by atoms with Crippen molar-refractivity contribution >= 4 is 23.4 Å². The van der Waals surface area contributed by atoms with Gasteiger partial charge in [0, 0.05) is 13.6 Å². The van der Waals surface area contributed by atoms with E-state index >= 15 is 0 Å². The lowest BCUT2D eigenvalue weighted by Crippen LogP contribution is -2.33. The van der Waals surface area contributed by atoms with Crippen molar-refractivity contribution in [2.75, 3.05) is 13.6 Å². The van der Waals surface area contributed by atoms with Crippen molar-refractivity contribution in [3.05, 3.63) is 11.1 Å². The normalized spacial score (nSPS) is 12.1. The number of hydrogen-bond acceptors (Lipinski definition) is 5. The first-order chi connectivity index (χ1) is 7.02. The summed E-state index contributed by atoms with van der Waals surface area (Å²) in [4.78, 5) is 24.0. The fraction of sp³-hybridized carbons (Fsp3) is 0.500. The van der Waals surface area contributed by atoms with Crippen LogP contribution in [0.5, 0.6) is 0 Å². The molecule has 0 aliphatic heterocycles. The van der Waals surface area contributed by atoms with Gasteiger partial charge >= 0.3 is 5.97 Å². The molecule has 0 fully saturated rings. The van der Waals surface area contributed by atoms with E-state index in [0.29, 0.717) is 4.88 Å². The Labute approximate surface area is 90.7 Å². The average Bonchev–Trinajstić information content (AvgIpc) is 2.68. The zero-order valence-electron chi connectivity index (χ0n) is 8.38. The highest BCUT2D eigenvalue weighted by molar-refractivity contribution is 7.07. The van der Waals surface area contributed by atoms with Gasteiger partial charge in [-0.25, -0.2) is 0 Å². The van der Waals surface area contributed by atoms with Gasteiger partial charge in [-0.1, -0.05) is 11.4 Å². The Hall–Kier alpha value is -1.50. The lowest BCUT2D eigenvalue weighted by Gasteiger charge is -2.17. The van der Waals surface area contributed by atoms with Crippen molar-refractivity contribution in [1.29, 1.82) is 0 Å². The van der Waals surface area contributed by atoms with E-state index in [2.05, 4.69) is 9.59 Å². The second kappa shape index (κ2) is 4.83. The van der Waals surface area contributed by atoms with E-state index in [1.165, 1.54) is 11.1 Å². The van der Waals surface area contributed by atoms with Gasteiger partial charge < -0.3 is 10.0 Å². The maximum absolute atomic E-state index is 11.6. The Morgan fingerprint density at radius 2 is 2.33 bits per heavy atom. The molecule has 0 aliphatic rings. The molecule has 0 bridgehead atoms. The lowest BCUT2D eigenvalue weighted by molar-refractivity contribution is -0.141. The van der Waals surface area contributed by atoms with Crippen LogP contribution in [0.2, 0.25) is 0 Å². The molecule has 1 N–H and O–H groups in total. The number of aromatic nitrogens is 2. The Morgan fingerprint density at radius 3 is 2.80 bits per heavy atom. The Kier molecular flexibility index (Phi) is 3.73. The lowest BCUT2D eigenvalue weighted by atomic mass is 10.2. The van der Waals surface area contributed by atoms with Crippen LogP contribution in [0.4, 0.5) is 0 Å². The van der Waals surface area contributed by atoms with Crippen molar-refractivity contribution in [2.24, 2.45) is 5.92 Å². The van der Waals surface area contributed by atoms with E-state index in [1.54, 1.807) is 14.0 Å². The average molecular weight is 229 g/mol. The van der Waals surface area contributed by atoms with Gasteiger partial charge in [0.15, 0.2) is 0 Å². The maximum atomic E-state index is 11.6. The van der Waals surface area contributed by atoms with Gasteiger partial charge in [-0.2, -0.15) is 0 Å². The van der Waals surface area contributed by atoms with Gasteiger partial charge in [-0.05, 0) is 11.5 Å². The van der Waals surface area contributed by atoms with Crippen molar-refractivity contribution in [2.45, 2.75) is 6.92 Å². The van der Waals surface area contributed by atoms with Gasteiger partial charge in [0.1, 0.15) is 4.88 Å². The summed E-state index contributed by atoms with van der Waals surface area (Å²) in [6, 6.07) is 0. The second-order valence-electron chi connectivity index (χ2n) is 3.21. The number of carboxylic acids is 1. The molecule has 0 radical (unpaired) electrons. The third-order valence-electron chi connectivity index (χ3n) is 1.89. The summed E-state index contributed by atoms with van der Waals surface area (Å²) in [5.41, 5.74) is 0. The molecule has 1 aromatic rings. The number of aliphatic carboxylic acids is 1. The summed E-state index contributed by atoms with van der Waals surface area (Å²) in [7, 11) is 1.56. The molecule has 6 nitrogen and oxygen atoms in total. The number of hydrogen-bond donors (Lipinski definition) is 1. The Bertz CT molecular complexity index is 352. The maximum Gasteiger partial charge on any atom is 0.308 e. The molecule has 0 saturated carbocycles. The first-order valence-corrected chi connectivity index (χ1v) is 5.05. The minimum Gasteiger partial charge on any atom is -0.481 e. The van der Waals surface area contributed by atoms with Crippen molar-refractivity contribution < 1.29 is 14.7 Å². The molecular formula is C8H11N3O3S. The zero-order chi connectivity index (χ0) is 11.4. The molecule has 1 aromatic heterocycles. The molecule has 82 valence electrons. The molecule has 1 unspecified atom stereocenters. The summed E-state index contributed by atoms with van der Waals surface area (Å²) in [6.45, 7) is 1.73. The van der Waals surface area contributed by atoms with E-state index in [1.807, 2.05) is 0 Å². The molecule has 0 aliphatic carbocycles. The van der Waals surface area contributed by atoms with Crippen LogP contribution < -0.4 is 0 Å². The van der Waals surface area contributed by atoms with E-state index in [0.717, 1.165) is 11.5 Å². The Balaban J connectivity index is 2.58. The van der Waals surface area contributed by atoms with Gasteiger partial charge in [0.2, 0.25) is 0 Å². The number of nitrogens with zero attached hydrogens (tertiary/aromatic N) is 3. The molecule has 7 heteroatoms. The number of carbonyl (C=O) groups is 2. The van der Waals surface area contributed by atoms with Gasteiger partial charge in [-0.3, -0.25) is 9.59 Å². The van der Waals surface area contributed by atoms with Crippen LogP contribution in [0.15, 0.2) is 6.20 Å². The SMILES string of the molecule is CC(CN(C)C(=O)c1cnns1)C(=O)O. The number of carbonyl (C=O) groups excluding carboxylic acids is 1. The van der Waals surface area contributed by atoms with E-state index < -0.39 is 11.9 Å². The largest absolute Gasteiger partial charge is 0.481 e. The summed E-state index contributed by atoms with van der Waals surface area (Å²) < 4.78 is 3.57. The van der Waals surface area contributed by atoms with Gasteiger partial charge in [-0.15, -0.1) is 5.10 Å². The van der Waals surface area contributed by atoms with Gasteiger partial charge in [0.05, 0.1) is 12.1 Å². The highest BCUT2D eigenvalue weighted by atomic mass is 32.1. The summed E-state index contributed by atoms with van der Waals surface area (Å²) in [6.07, 6.45) is 1.37. The van der Waals surface area contributed by atoms with Gasteiger partial charge in [0.25, 0.3) is 5.91 Å². The first-order valence-electron chi connectivity index (χ1n) is 4.28. The molecule has 1 atom stereocenters. The molecule has 0 spiro atoms. The number of rotatable bonds is 4. The molecule has 1 amide bonds. The van der Waals surface area contributed by atoms with Crippen LogP contribution in [0.1, 0.15) is 16.6 Å². The van der Waals surface area contributed by atoms with E-state index in [-0.39, 0.29) is 12.5 Å². The summed E-state index contributed by atoms with van der Waals surface area (Å²) >= 11 is 0.995. The smallest absolute Gasteiger partial charge is 0.308 e. The molecule has 0 saturated heterocycles. The fourth-order valence-electron chi connectivity index (χ4n) is 1.02. The predicted octanol–water partition coefficient (Wildman–Crippen LogP) is 0.331. The van der Waals surface area contributed by atoms with E-state index in [9.17, 15) is 9.59 Å². The monoisotopic (exact) mass is 229 g/mol. The van der Waals surface area contributed by atoms with Crippen LogP contribution in [0.25, 0.3) is 0 Å². The molecule has 1 heterocycles. The van der Waals surface area contributed by atoms with Crippen LogP contribution in [-0.4, -0.2) is 45.1 Å². The fourth-order valence-corrected chi connectivity index (χ4v) is 1.53. The van der Waals surface area contributed by atoms with Crippen LogP contribution in [0, 0.1) is 5.92 Å². The standard InChI is InChI=1S/C8H11N3O3S/c1-5(8(13)14)4-11(2)7(12)6-3-9-10-15-6/h3,5H,4H2,1-2H3,(H,13,14). The minimum atomic E-state index is -0.919. The molecular weight excluding hydrogens is 218 g/mol. The summed E-state index contributed by atoms with van der Waals surface area (Å²) in [5.74, 6) is -1.75. The van der Waals surface area contributed by atoms with Crippen molar-refractivity contribution in [3.63, 3.8) is 0 Å². The van der Waals surface area contributed by atoms with Crippen molar-refractivity contribution in [1.82, 2.24) is 14.5 Å². The molecule has 15 heavy (non-hydrogen) atoms. The number of amides is 1. The van der Waals surface area contributed by atoms with Crippen LogP contribution >= 0.6 is 11.5 Å².